The van der Waals surface area contributed by atoms with Crippen LogP contribution >= 0.6 is 11.3 Å². The zero-order valence-electron chi connectivity index (χ0n) is 13.4. The van der Waals surface area contributed by atoms with Crippen molar-refractivity contribution in [2.75, 3.05) is 6.54 Å². The highest BCUT2D eigenvalue weighted by atomic mass is 32.2. The van der Waals surface area contributed by atoms with Crippen molar-refractivity contribution in [2.45, 2.75) is 45.1 Å². The fourth-order valence-electron chi connectivity index (χ4n) is 1.98. The zero-order chi connectivity index (χ0) is 16.3. The summed E-state index contributed by atoms with van der Waals surface area (Å²) in [6.07, 6.45) is 2.43. The summed E-state index contributed by atoms with van der Waals surface area (Å²) in [6, 6.07) is 3.90. The second kappa shape index (κ2) is 6.93. The molecule has 0 atom stereocenters. The van der Waals surface area contributed by atoms with Crippen LogP contribution in [-0.2, 0) is 10.0 Å². The van der Waals surface area contributed by atoms with Gasteiger partial charge in [0, 0.05) is 18.8 Å². The molecule has 22 heavy (non-hydrogen) atoms. The number of sulfonamides is 1. The maximum Gasteiger partial charge on any atom is 0.244 e. The van der Waals surface area contributed by atoms with Gasteiger partial charge in [-0.15, -0.1) is 11.3 Å². The molecule has 2 aromatic heterocycles. The second-order valence-electron chi connectivity index (χ2n) is 5.97. The highest BCUT2D eigenvalue weighted by molar-refractivity contribution is 7.89. The summed E-state index contributed by atoms with van der Waals surface area (Å²) in [6.45, 7) is 8.54. The molecule has 0 fully saturated rings. The standard InChI is InChI=1S/C15H23N3O2S2/c1-11(2)7-8-16-22(19,20)14-10-18(12(3)4)17-15(14)13-6-5-9-21-13/h5-6,9-12,16H,7-8H2,1-4H3. The highest BCUT2D eigenvalue weighted by Crippen LogP contribution is 2.30. The smallest absolute Gasteiger partial charge is 0.244 e. The van der Waals surface area contributed by atoms with Gasteiger partial charge in [0.1, 0.15) is 10.6 Å². The molecule has 2 aromatic rings. The Morgan fingerprint density at radius 3 is 2.59 bits per heavy atom. The van der Waals surface area contributed by atoms with Crippen molar-refractivity contribution in [3.05, 3.63) is 23.7 Å². The lowest BCUT2D eigenvalue weighted by atomic mass is 10.1. The van der Waals surface area contributed by atoms with E-state index < -0.39 is 10.0 Å². The first-order valence-electron chi connectivity index (χ1n) is 7.44. The molecule has 0 saturated heterocycles. The molecule has 0 bridgehead atoms. The second-order valence-corrected chi connectivity index (χ2v) is 8.66. The van der Waals surface area contributed by atoms with Crippen LogP contribution < -0.4 is 4.72 Å². The third-order valence-corrected chi connectivity index (χ3v) is 5.62. The average Bonchev–Trinajstić information content (AvgIpc) is 3.07. The van der Waals surface area contributed by atoms with E-state index in [4.69, 9.17) is 0 Å². The van der Waals surface area contributed by atoms with Crippen LogP contribution in [0.25, 0.3) is 10.6 Å². The summed E-state index contributed by atoms with van der Waals surface area (Å²) in [4.78, 5) is 1.12. The van der Waals surface area contributed by atoms with Gasteiger partial charge in [0.25, 0.3) is 0 Å². The van der Waals surface area contributed by atoms with Gasteiger partial charge in [-0.1, -0.05) is 19.9 Å². The molecule has 0 aliphatic carbocycles. The lowest BCUT2D eigenvalue weighted by molar-refractivity contribution is 0.531. The predicted molar refractivity (Wildman–Crippen MR) is 90.6 cm³/mol. The van der Waals surface area contributed by atoms with E-state index in [1.165, 1.54) is 11.3 Å². The van der Waals surface area contributed by atoms with Crippen LogP contribution in [0.2, 0.25) is 0 Å². The third-order valence-electron chi connectivity index (χ3n) is 3.29. The van der Waals surface area contributed by atoms with Crippen LogP contribution in [0.4, 0.5) is 0 Å². The molecule has 0 aliphatic rings. The summed E-state index contributed by atoms with van der Waals surface area (Å²) in [5, 5.41) is 6.39. The van der Waals surface area contributed by atoms with Crippen molar-refractivity contribution in [2.24, 2.45) is 5.92 Å². The van der Waals surface area contributed by atoms with Crippen LogP contribution in [0.1, 0.15) is 40.2 Å². The maximum atomic E-state index is 12.6. The Labute approximate surface area is 136 Å². The van der Waals surface area contributed by atoms with Crippen LogP contribution in [-0.4, -0.2) is 24.7 Å². The van der Waals surface area contributed by atoms with Crippen molar-refractivity contribution in [1.82, 2.24) is 14.5 Å². The average molecular weight is 342 g/mol. The van der Waals surface area contributed by atoms with Crippen LogP contribution in [0.5, 0.6) is 0 Å². The summed E-state index contributed by atoms with van der Waals surface area (Å²) in [5.74, 6) is 0.456. The fourth-order valence-corrected chi connectivity index (χ4v) is 3.96. The first-order valence-corrected chi connectivity index (χ1v) is 9.80. The summed E-state index contributed by atoms with van der Waals surface area (Å²) >= 11 is 1.49. The molecule has 122 valence electrons. The van der Waals surface area contributed by atoms with E-state index in [2.05, 4.69) is 23.7 Å². The van der Waals surface area contributed by atoms with Crippen molar-refractivity contribution >= 4 is 21.4 Å². The van der Waals surface area contributed by atoms with E-state index in [9.17, 15) is 8.42 Å². The van der Waals surface area contributed by atoms with E-state index in [-0.39, 0.29) is 10.9 Å². The number of rotatable bonds is 7. The largest absolute Gasteiger partial charge is 0.268 e. The van der Waals surface area contributed by atoms with Crippen LogP contribution in [0, 0.1) is 5.92 Å². The molecule has 1 N–H and O–H groups in total. The molecule has 0 aromatic carbocycles. The molecule has 0 unspecified atom stereocenters. The van der Waals surface area contributed by atoms with Gasteiger partial charge >= 0.3 is 0 Å². The van der Waals surface area contributed by atoms with E-state index >= 15 is 0 Å². The molecule has 2 rings (SSSR count). The molecule has 7 heteroatoms. The number of nitrogens with zero attached hydrogens (tertiary/aromatic N) is 2. The van der Waals surface area contributed by atoms with E-state index in [1.54, 1.807) is 10.9 Å². The van der Waals surface area contributed by atoms with Crippen LogP contribution in [0.15, 0.2) is 28.6 Å². The van der Waals surface area contributed by atoms with E-state index in [0.29, 0.717) is 18.2 Å². The number of hydrogen-bond donors (Lipinski definition) is 1. The van der Waals surface area contributed by atoms with E-state index in [0.717, 1.165) is 11.3 Å². The number of nitrogens with one attached hydrogen (secondary N) is 1. The minimum atomic E-state index is -3.55. The minimum Gasteiger partial charge on any atom is -0.268 e. The zero-order valence-corrected chi connectivity index (χ0v) is 15.0. The molecule has 5 nitrogen and oxygen atoms in total. The Balaban J connectivity index is 2.36. The third kappa shape index (κ3) is 3.97. The van der Waals surface area contributed by atoms with Gasteiger partial charge in [0.2, 0.25) is 10.0 Å². The topological polar surface area (TPSA) is 64.0 Å². The Morgan fingerprint density at radius 1 is 1.32 bits per heavy atom. The van der Waals surface area contributed by atoms with Gasteiger partial charge in [0.15, 0.2) is 0 Å². The van der Waals surface area contributed by atoms with Gasteiger partial charge in [-0.2, -0.15) is 5.10 Å². The molecule has 0 radical (unpaired) electrons. The lowest BCUT2D eigenvalue weighted by Crippen LogP contribution is -2.25. The Kier molecular flexibility index (Phi) is 5.41. The minimum absolute atomic E-state index is 0.110. The molecular weight excluding hydrogens is 318 g/mol. The summed E-state index contributed by atoms with van der Waals surface area (Å²) in [5.41, 5.74) is 0.528. The first-order chi connectivity index (χ1) is 10.3. The summed E-state index contributed by atoms with van der Waals surface area (Å²) < 4.78 is 29.6. The van der Waals surface area contributed by atoms with Gasteiger partial charge in [0.05, 0.1) is 4.88 Å². The molecule has 0 spiro atoms. The van der Waals surface area contributed by atoms with Gasteiger partial charge in [-0.05, 0) is 37.6 Å². The number of thiophene rings is 1. The quantitative estimate of drug-likeness (QED) is 0.838. The number of aromatic nitrogens is 2. The molecular formula is C15H23N3O2S2. The van der Waals surface area contributed by atoms with E-state index in [1.807, 2.05) is 31.4 Å². The highest BCUT2D eigenvalue weighted by Gasteiger charge is 2.24. The van der Waals surface area contributed by atoms with Crippen LogP contribution in [0.3, 0.4) is 0 Å². The molecule has 0 saturated carbocycles. The molecule has 0 aliphatic heterocycles. The van der Waals surface area contributed by atoms with Crippen molar-refractivity contribution in [1.29, 1.82) is 0 Å². The molecule has 0 amide bonds. The summed E-state index contributed by atoms with van der Waals surface area (Å²) in [7, 11) is -3.55. The predicted octanol–water partition coefficient (Wildman–Crippen LogP) is 3.52. The molecule has 2 heterocycles. The van der Waals surface area contributed by atoms with Gasteiger partial charge in [-0.25, -0.2) is 13.1 Å². The Bertz CT molecular complexity index is 701. The van der Waals surface area contributed by atoms with Crippen molar-refractivity contribution < 1.29 is 8.42 Å². The fraction of sp³-hybridized carbons (Fsp3) is 0.533. The number of hydrogen-bond acceptors (Lipinski definition) is 4. The maximum absolute atomic E-state index is 12.6. The Morgan fingerprint density at radius 2 is 2.05 bits per heavy atom. The first kappa shape index (κ1) is 17.2. The lowest BCUT2D eigenvalue weighted by Gasteiger charge is -2.07. The van der Waals surface area contributed by atoms with Crippen molar-refractivity contribution in [3.8, 4) is 10.6 Å². The van der Waals surface area contributed by atoms with Crippen molar-refractivity contribution in [3.63, 3.8) is 0 Å². The SMILES string of the molecule is CC(C)CCNS(=O)(=O)c1cn(C(C)C)nc1-c1cccs1. The monoisotopic (exact) mass is 341 g/mol. The van der Waals surface area contributed by atoms with Gasteiger partial charge < -0.3 is 0 Å². The Hall–Kier alpha value is -1.18. The normalized spacial score (nSPS) is 12.5. The van der Waals surface area contributed by atoms with Gasteiger partial charge in [-0.3, -0.25) is 4.68 Å².